The van der Waals surface area contributed by atoms with E-state index in [-0.39, 0.29) is 11.3 Å². The van der Waals surface area contributed by atoms with Gasteiger partial charge in [0.1, 0.15) is 11.6 Å². The molecule has 5 nitrogen and oxygen atoms in total. The van der Waals surface area contributed by atoms with Crippen LogP contribution in [0.5, 0.6) is 0 Å². The van der Waals surface area contributed by atoms with E-state index < -0.39 is 23.5 Å². The molecule has 0 unspecified atom stereocenters. The fourth-order valence-electron chi connectivity index (χ4n) is 4.34. The smallest absolute Gasteiger partial charge is 0.340 e. The maximum absolute atomic E-state index is 13.7. The number of rotatable bonds is 9. The fraction of sp³-hybridized carbons (Fsp3) is 0.321. The Hall–Kier alpha value is -3.73. The number of fused-ring (bicyclic) bond motifs is 1. The summed E-state index contributed by atoms with van der Waals surface area (Å²) in [6, 6.07) is 11.4. The molecule has 2 aromatic heterocycles. The summed E-state index contributed by atoms with van der Waals surface area (Å²) >= 11 is 0. The average Bonchev–Trinajstić information content (AvgIpc) is 2.88. The Bertz CT molecular complexity index is 1410. The summed E-state index contributed by atoms with van der Waals surface area (Å²) in [6.07, 6.45) is -5.94. The van der Waals surface area contributed by atoms with Crippen molar-refractivity contribution in [2.24, 2.45) is 0 Å². The van der Waals surface area contributed by atoms with Crippen molar-refractivity contribution in [1.82, 2.24) is 19.9 Å². The van der Waals surface area contributed by atoms with E-state index >= 15 is 0 Å². The Labute approximate surface area is 221 Å². The summed E-state index contributed by atoms with van der Waals surface area (Å²) in [7, 11) is 0. The van der Waals surface area contributed by atoms with Crippen LogP contribution in [0.3, 0.4) is 0 Å². The second-order valence-corrected chi connectivity index (χ2v) is 9.09. The predicted octanol–water partition coefficient (Wildman–Crippen LogP) is 8.10. The molecule has 0 fully saturated rings. The number of nitrogens with one attached hydrogen (secondary N) is 1. The van der Waals surface area contributed by atoms with Gasteiger partial charge in [-0.05, 0) is 74.5 Å². The first kappa shape index (κ1) is 28.3. The van der Waals surface area contributed by atoms with Crippen LogP contribution in [-0.2, 0) is 18.9 Å². The van der Waals surface area contributed by atoms with Crippen molar-refractivity contribution >= 4 is 22.4 Å². The molecule has 206 valence electrons. The molecule has 4 aromatic rings. The van der Waals surface area contributed by atoms with E-state index in [1.54, 1.807) is 6.07 Å². The van der Waals surface area contributed by atoms with E-state index in [1.807, 2.05) is 0 Å². The van der Waals surface area contributed by atoms with Gasteiger partial charge >= 0.3 is 12.4 Å². The van der Waals surface area contributed by atoms with Gasteiger partial charge in [0.2, 0.25) is 0 Å². The molecule has 4 rings (SSSR count). The van der Waals surface area contributed by atoms with Crippen LogP contribution >= 0.6 is 0 Å². The van der Waals surface area contributed by atoms with E-state index in [4.69, 9.17) is 0 Å². The molecule has 11 heteroatoms. The third kappa shape index (κ3) is 6.83. The van der Waals surface area contributed by atoms with E-state index in [9.17, 15) is 26.3 Å². The molecule has 2 aromatic carbocycles. The van der Waals surface area contributed by atoms with Crippen molar-refractivity contribution in [3.63, 3.8) is 0 Å². The molecule has 0 bridgehead atoms. The minimum Gasteiger partial charge on any atom is -0.340 e. The minimum atomic E-state index is -4.59. The number of hydrogen-bond donors (Lipinski definition) is 1. The number of pyridine rings is 1. The largest absolute Gasteiger partial charge is 0.418 e. The van der Waals surface area contributed by atoms with Gasteiger partial charge in [-0.15, -0.1) is 0 Å². The standard InChI is InChI=1S/C28H27F6N5/c1-3-14-39(15-4-2)17-24-37-23-16-18(25-22(28(32,33)34)6-5-13-35-25)7-12-21(23)26(38-24)36-20-10-8-19(9-11-20)27(29,30)31/h5-13,16H,3-4,14-15,17H2,1-2H3,(H,36,37,38). The number of benzene rings is 2. The lowest BCUT2D eigenvalue weighted by Crippen LogP contribution is -2.26. The van der Waals surface area contributed by atoms with Crippen LogP contribution in [0.25, 0.3) is 22.2 Å². The van der Waals surface area contributed by atoms with Crippen LogP contribution in [-0.4, -0.2) is 32.9 Å². The average molecular weight is 548 g/mol. The third-order valence-electron chi connectivity index (χ3n) is 6.05. The number of halogens is 6. The quantitative estimate of drug-likeness (QED) is 0.215. The molecule has 0 amide bonds. The molecular formula is C28H27F6N5. The number of aromatic nitrogens is 3. The normalized spacial score (nSPS) is 12.3. The van der Waals surface area contributed by atoms with Gasteiger partial charge in [-0.25, -0.2) is 9.97 Å². The summed E-state index contributed by atoms with van der Waals surface area (Å²) in [5.74, 6) is 0.777. The highest BCUT2D eigenvalue weighted by molar-refractivity contribution is 5.93. The molecule has 0 saturated carbocycles. The number of nitrogens with zero attached hydrogens (tertiary/aromatic N) is 4. The molecule has 2 heterocycles. The first-order chi connectivity index (χ1) is 18.5. The Morgan fingerprint density at radius 3 is 2.13 bits per heavy atom. The molecule has 0 spiro atoms. The zero-order valence-electron chi connectivity index (χ0n) is 21.4. The summed E-state index contributed by atoms with van der Waals surface area (Å²) < 4.78 is 80.0. The maximum Gasteiger partial charge on any atom is 0.418 e. The van der Waals surface area contributed by atoms with Gasteiger partial charge in [0, 0.05) is 22.8 Å². The van der Waals surface area contributed by atoms with Crippen molar-refractivity contribution in [3.05, 3.63) is 77.7 Å². The van der Waals surface area contributed by atoms with Crippen molar-refractivity contribution in [1.29, 1.82) is 0 Å². The molecule has 39 heavy (non-hydrogen) atoms. The van der Waals surface area contributed by atoms with Crippen LogP contribution < -0.4 is 5.32 Å². The summed E-state index contributed by atoms with van der Waals surface area (Å²) in [5, 5.41) is 3.57. The lowest BCUT2D eigenvalue weighted by Gasteiger charge is -2.21. The zero-order valence-corrected chi connectivity index (χ0v) is 21.4. The molecule has 0 radical (unpaired) electrons. The number of alkyl halides is 6. The Balaban J connectivity index is 1.80. The van der Waals surface area contributed by atoms with Crippen LogP contribution in [0, 0.1) is 0 Å². The zero-order chi connectivity index (χ0) is 28.2. The number of anilines is 2. The highest BCUT2D eigenvalue weighted by atomic mass is 19.4. The first-order valence-corrected chi connectivity index (χ1v) is 12.5. The molecule has 0 aliphatic heterocycles. The van der Waals surface area contributed by atoms with Gasteiger partial charge in [0.05, 0.1) is 28.9 Å². The van der Waals surface area contributed by atoms with Gasteiger partial charge in [-0.2, -0.15) is 26.3 Å². The van der Waals surface area contributed by atoms with Gasteiger partial charge in [0.25, 0.3) is 0 Å². The van der Waals surface area contributed by atoms with Crippen molar-refractivity contribution < 1.29 is 26.3 Å². The minimum absolute atomic E-state index is 0.220. The summed E-state index contributed by atoms with van der Waals surface area (Å²) in [6.45, 7) is 6.12. The van der Waals surface area contributed by atoms with Crippen LogP contribution in [0.2, 0.25) is 0 Å². The topological polar surface area (TPSA) is 53.9 Å². The number of hydrogen-bond acceptors (Lipinski definition) is 5. The summed E-state index contributed by atoms with van der Waals surface area (Å²) in [4.78, 5) is 15.5. The lowest BCUT2D eigenvalue weighted by molar-refractivity contribution is -0.138. The van der Waals surface area contributed by atoms with Gasteiger partial charge in [0.15, 0.2) is 0 Å². The molecule has 0 aliphatic carbocycles. The van der Waals surface area contributed by atoms with Crippen molar-refractivity contribution in [2.75, 3.05) is 18.4 Å². The monoisotopic (exact) mass is 547 g/mol. The van der Waals surface area contributed by atoms with Crippen LogP contribution in [0.15, 0.2) is 60.8 Å². The Morgan fingerprint density at radius 1 is 0.821 bits per heavy atom. The Morgan fingerprint density at radius 2 is 1.51 bits per heavy atom. The van der Waals surface area contributed by atoms with Gasteiger partial charge in [-0.1, -0.05) is 19.9 Å². The molecule has 0 aliphatic rings. The highest BCUT2D eigenvalue weighted by Crippen LogP contribution is 2.37. The Kier molecular flexibility index (Phi) is 8.39. The van der Waals surface area contributed by atoms with Crippen molar-refractivity contribution in [3.8, 4) is 11.3 Å². The van der Waals surface area contributed by atoms with E-state index in [0.717, 1.165) is 44.1 Å². The third-order valence-corrected chi connectivity index (χ3v) is 6.05. The van der Waals surface area contributed by atoms with E-state index in [1.165, 1.54) is 36.5 Å². The molecular weight excluding hydrogens is 520 g/mol. The second-order valence-electron chi connectivity index (χ2n) is 9.09. The van der Waals surface area contributed by atoms with Crippen LogP contribution in [0.4, 0.5) is 37.8 Å². The summed E-state index contributed by atoms with van der Waals surface area (Å²) in [5.41, 5.74) is -0.863. The van der Waals surface area contributed by atoms with Gasteiger partial charge in [-0.3, -0.25) is 9.88 Å². The van der Waals surface area contributed by atoms with E-state index in [0.29, 0.717) is 34.8 Å². The second kappa shape index (κ2) is 11.6. The maximum atomic E-state index is 13.7. The van der Waals surface area contributed by atoms with Crippen LogP contribution in [0.1, 0.15) is 43.6 Å². The molecule has 1 N–H and O–H groups in total. The molecule has 0 saturated heterocycles. The fourth-order valence-corrected chi connectivity index (χ4v) is 4.34. The predicted molar refractivity (Wildman–Crippen MR) is 138 cm³/mol. The van der Waals surface area contributed by atoms with Gasteiger partial charge < -0.3 is 5.32 Å². The SMILES string of the molecule is CCCN(CCC)Cc1nc(Nc2ccc(C(F)(F)F)cc2)c2ccc(-c3ncccc3C(F)(F)F)cc2n1. The lowest BCUT2D eigenvalue weighted by atomic mass is 10.0. The first-order valence-electron chi connectivity index (χ1n) is 12.5. The van der Waals surface area contributed by atoms with Crippen molar-refractivity contribution in [2.45, 2.75) is 45.6 Å². The molecule has 0 atom stereocenters. The highest BCUT2D eigenvalue weighted by Gasteiger charge is 2.34. The van der Waals surface area contributed by atoms with E-state index in [2.05, 4.69) is 39.0 Å².